The van der Waals surface area contributed by atoms with E-state index in [2.05, 4.69) is 62.7 Å². The summed E-state index contributed by atoms with van der Waals surface area (Å²) >= 11 is 5.18. The van der Waals surface area contributed by atoms with Gasteiger partial charge in [-0.05, 0) is 69.6 Å². The number of benzene rings is 3. The number of nitrogens with zero attached hydrogens (tertiary/aromatic N) is 2. The minimum atomic E-state index is 0.538. The number of rotatable bonds is 7. The number of ether oxygens (including phenoxy) is 1. The van der Waals surface area contributed by atoms with Crippen molar-refractivity contribution in [3.63, 3.8) is 0 Å². The third-order valence-electron chi connectivity index (χ3n) is 6.29. The lowest BCUT2D eigenvalue weighted by Crippen LogP contribution is -2.04. The first-order chi connectivity index (χ1) is 16.7. The lowest BCUT2D eigenvalue weighted by Gasteiger charge is -2.22. The Morgan fingerprint density at radius 1 is 0.971 bits per heavy atom. The van der Waals surface area contributed by atoms with Gasteiger partial charge in [-0.1, -0.05) is 73.9 Å². The van der Waals surface area contributed by atoms with Crippen LogP contribution in [0.3, 0.4) is 0 Å². The van der Waals surface area contributed by atoms with Crippen LogP contribution in [0.2, 0.25) is 0 Å². The summed E-state index contributed by atoms with van der Waals surface area (Å²) in [5.41, 5.74) is 5.74. The Labute approximate surface area is 213 Å². The highest BCUT2D eigenvalue weighted by Crippen LogP contribution is 2.34. The first kappa shape index (κ1) is 23.0. The van der Waals surface area contributed by atoms with Gasteiger partial charge in [0.1, 0.15) is 12.4 Å². The minimum Gasteiger partial charge on any atom is -0.488 e. The topological polar surface area (TPSA) is 34.5 Å². The van der Waals surface area contributed by atoms with Gasteiger partial charge in [-0.2, -0.15) is 0 Å². The van der Waals surface area contributed by atoms with Gasteiger partial charge in [-0.3, -0.25) is 0 Å². The average Bonchev–Trinajstić information content (AvgIpc) is 3.37. The van der Waals surface area contributed by atoms with Gasteiger partial charge in [-0.15, -0.1) is 11.3 Å². The number of hydrogen-bond donors (Lipinski definition) is 0. The van der Waals surface area contributed by atoms with E-state index in [-0.39, 0.29) is 0 Å². The molecule has 5 rings (SSSR count). The molecule has 1 fully saturated rings. The molecule has 172 valence electrons. The average molecular weight is 532 g/mol. The Morgan fingerprint density at radius 2 is 1.76 bits per heavy atom. The summed E-state index contributed by atoms with van der Waals surface area (Å²) in [5.74, 6) is 1.54. The summed E-state index contributed by atoms with van der Waals surface area (Å²) in [5, 5.41) is 2.84. The van der Waals surface area contributed by atoms with Crippen molar-refractivity contribution in [1.29, 1.82) is 0 Å². The number of halogens is 1. The maximum Gasteiger partial charge on any atom is 0.209 e. The fourth-order valence-corrected chi connectivity index (χ4v) is 5.58. The van der Waals surface area contributed by atoms with Crippen molar-refractivity contribution in [2.45, 2.75) is 44.6 Å². The van der Waals surface area contributed by atoms with Gasteiger partial charge in [0.15, 0.2) is 0 Å². The molecule has 0 radical (unpaired) electrons. The van der Waals surface area contributed by atoms with E-state index in [9.17, 15) is 0 Å². The van der Waals surface area contributed by atoms with Crippen LogP contribution in [-0.4, -0.2) is 11.2 Å². The third kappa shape index (κ3) is 5.83. The van der Waals surface area contributed by atoms with Crippen LogP contribution in [0.25, 0.3) is 11.3 Å². The summed E-state index contributed by atoms with van der Waals surface area (Å²) in [6.45, 7) is 0.538. The Morgan fingerprint density at radius 3 is 2.53 bits per heavy atom. The zero-order valence-electron chi connectivity index (χ0n) is 19.0. The molecule has 0 N–H and O–H groups in total. The molecule has 0 spiro atoms. The number of thiazole rings is 1. The maximum atomic E-state index is 5.94. The fraction of sp³-hybridized carbons (Fsp3) is 0.241. The van der Waals surface area contributed by atoms with E-state index in [1.807, 2.05) is 42.6 Å². The molecule has 1 aliphatic rings. The molecule has 3 nitrogen and oxygen atoms in total. The summed E-state index contributed by atoms with van der Waals surface area (Å²) in [4.78, 5) is 9.32. The van der Waals surface area contributed by atoms with Crippen LogP contribution in [-0.2, 0) is 6.61 Å². The summed E-state index contributed by atoms with van der Waals surface area (Å²) in [7, 11) is 0. The molecule has 34 heavy (non-hydrogen) atoms. The molecule has 0 unspecified atom stereocenters. The van der Waals surface area contributed by atoms with E-state index >= 15 is 0 Å². The second-order valence-corrected chi connectivity index (χ2v) is 10.4. The molecular formula is C29H27BrN2OS. The zero-order valence-corrected chi connectivity index (χ0v) is 21.4. The van der Waals surface area contributed by atoms with Crippen molar-refractivity contribution in [3.05, 3.63) is 99.3 Å². The standard InChI is InChI=1S/C29H27BrN2OS/c30-26-17-22(11-16-28(26)33-19-21-7-3-1-4-8-21)18-31-29-32-27(20-34-29)25-14-12-24(13-15-25)23-9-5-2-6-10-23/h1,3-4,7-8,11-18,20,23H,2,5-6,9-10,19H2. The van der Waals surface area contributed by atoms with Crippen LogP contribution in [0.1, 0.15) is 54.7 Å². The van der Waals surface area contributed by atoms with Gasteiger partial charge in [0.2, 0.25) is 5.13 Å². The second-order valence-electron chi connectivity index (χ2n) is 8.69. The van der Waals surface area contributed by atoms with Gasteiger partial charge in [0, 0.05) is 17.2 Å². The number of hydrogen-bond acceptors (Lipinski definition) is 4. The van der Waals surface area contributed by atoms with Crippen LogP contribution >= 0.6 is 27.3 Å². The van der Waals surface area contributed by atoms with Crippen molar-refractivity contribution < 1.29 is 4.74 Å². The normalized spacial score (nSPS) is 14.5. The van der Waals surface area contributed by atoms with Crippen LogP contribution < -0.4 is 4.74 Å². The lowest BCUT2D eigenvalue weighted by atomic mass is 9.84. The molecule has 0 amide bonds. The van der Waals surface area contributed by atoms with E-state index in [0.29, 0.717) is 6.61 Å². The van der Waals surface area contributed by atoms with E-state index in [1.54, 1.807) is 11.3 Å². The summed E-state index contributed by atoms with van der Waals surface area (Å²) < 4.78 is 6.85. The lowest BCUT2D eigenvalue weighted by molar-refractivity contribution is 0.304. The van der Waals surface area contributed by atoms with Gasteiger partial charge in [0.05, 0.1) is 10.2 Å². The first-order valence-corrected chi connectivity index (χ1v) is 13.5. The zero-order chi connectivity index (χ0) is 23.2. The van der Waals surface area contributed by atoms with Crippen molar-refractivity contribution in [2.24, 2.45) is 4.99 Å². The predicted octanol–water partition coefficient (Wildman–Crippen LogP) is 8.95. The maximum absolute atomic E-state index is 5.94. The van der Waals surface area contributed by atoms with E-state index < -0.39 is 0 Å². The second kappa shape index (κ2) is 11.1. The van der Waals surface area contributed by atoms with Gasteiger partial charge < -0.3 is 4.74 Å². The van der Waals surface area contributed by atoms with Crippen LogP contribution in [0.5, 0.6) is 5.75 Å². The van der Waals surface area contributed by atoms with Crippen LogP contribution in [0.15, 0.2) is 87.6 Å². The molecule has 1 saturated carbocycles. The Kier molecular flexibility index (Phi) is 7.52. The summed E-state index contributed by atoms with van der Waals surface area (Å²) in [6.07, 6.45) is 8.61. The quantitative estimate of drug-likeness (QED) is 0.223. The van der Waals surface area contributed by atoms with Gasteiger partial charge in [0.25, 0.3) is 0 Å². The van der Waals surface area contributed by atoms with E-state index in [4.69, 9.17) is 9.72 Å². The molecule has 1 heterocycles. The SMILES string of the molecule is Brc1cc(C=Nc2nc(-c3ccc(C4CCCCC4)cc3)cs2)ccc1OCc1ccccc1. The molecule has 0 atom stereocenters. The van der Waals surface area contributed by atoms with Crippen molar-refractivity contribution in [3.8, 4) is 17.0 Å². The van der Waals surface area contributed by atoms with Gasteiger partial charge in [-0.25, -0.2) is 9.98 Å². The van der Waals surface area contributed by atoms with Crippen molar-refractivity contribution in [2.75, 3.05) is 0 Å². The van der Waals surface area contributed by atoms with E-state index in [1.165, 1.54) is 37.7 Å². The highest BCUT2D eigenvalue weighted by Gasteiger charge is 2.15. The summed E-state index contributed by atoms with van der Waals surface area (Å²) in [6, 6.07) is 25.1. The number of aliphatic imine (C=N–C) groups is 1. The smallest absolute Gasteiger partial charge is 0.209 e. The molecule has 3 aromatic carbocycles. The molecular weight excluding hydrogens is 504 g/mol. The van der Waals surface area contributed by atoms with E-state index in [0.717, 1.165) is 43.7 Å². The van der Waals surface area contributed by atoms with Crippen LogP contribution in [0.4, 0.5) is 5.13 Å². The highest BCUT2D eigenvalue weighted by atomic mass is 79.9. The Balaban J connectivity index is 1.21. The molecule has 0 aliphatic heterocycles. The Hall–Kier alpha value is -2.76. The Bertz CT molecular complexity index is 1240. The first-order valence-electron chi connectivity index (χ1n) is 11.8. The third-order valence-corrected chi connectivity index (χ3v) is 7.66. The van der Waals surface area contributed by atoms with Gasteiger partial charge >= 0.3 is 0 Å². The van der Waals surface area contributed by atoms with Crippen molar-refractivity contribution >= 4 is 38.6 Å². The molecule has 0 saturated heterocycles. The minimum absolute atomic E-state index is 0.538. The van der Waals surface area contributed by atoms with Crippen molar-refractivity contribution in [1.82, 2.24) is 4.98 Å². The predicted molar refractivity (Wildman–Crippen MR) is 146 cm³/mol. The number of aromatic nitrogens is 1. The largest absolute Gasteiger partial charge is 0.488 e. The molecule has 4 aromatic rings. The molecule has 0 bridgehead atoms. The van der Waals surface area contributed by atoms with Crippen LogP contribution in [0, 0.1) is 0 Å². The highest BCUT2D eigenvalue weighted by molar-refractivity contribution is 9.10. The monoisotopic (exact) mass is 530 g/mol. The fourth-order valence-electron chi connectivity index (χ4n) is 4.40. The molecule has 1 aromatic heterocycles. The molecule has 1 aliphatic carbocycles. The molecule has 5 heteroatoms.